The van der Waals surface area contributed by atoms with Gasteiger partial charge in [-0.1, -0.05) is 6.07 Å². The molecule has 9 heteroatoms. The fourth-order valence-corrected chi connectivity index (χ4v) is 4.32. The molecule has 0 radical (unpaired) electrons. The summed E-state index contributed by atoms with van der Waals surface area (Å²) in [4.78, 5) is 22.8. The molecule has 150 valence electrons. The van der Waals surface area contributed by atoms with Crippen molar-refractivity contribution in [3.63, 3.8) is 0 Å². The summed E-state index contributed by atoms with van der Waals surface area (Å²) in [5.74, 6) is 1.52. The molecule has 2 aliphatic rings. The van der Waals surface area contributed by atoms with Gasteiger partial charge in [0.15, 0.2) is 0 Å². The molecule has 1 unspecified atom stereocenters. The second-order valence-corrected chi connectivity index (χ2v) is 7.69. The monoisotopic (exact) mass is 432 g/mol. The van der Waals surface area contributed by atoms with Crippen LogP contribution in [0.2, 0.25) is 0 Å². The van der Waals surface area contributed by atoms with Crippen LogP contribution >= 0.6 is 36.2 Å². The van der Waals surface area contributed by atoms with Crippen molar-refractivity contribution < 1.29 is 9.21 Å². The molecule has 4 rings (SSSR count). The maximum Gasteiger partial charge on any atom is 0.236 e. The summed E-state index contributed by atoms with van der Waals surface area (Å²) in [5, 5.41) is 5.39. The number of likely N-dealkylation sites (tertiary alicyclic amines) is 1. The Bertz CT molecular complexity index is 732. The van der Waals surface area contributed by atoms with E-state index in [2.05, 4.69) is 15.2 Å². The first-order valence-electron chi connectivity index (χ1n) is 8.93. The van der Waals surface area contributed by atoms with E-state index in [4.69, 9.17) is 4.42 Å². The summed E-state index contributed by atoms with van der Waals surface area (Å²) in [6, 6.07) is 4.47. The third-order valence-electron chi connectivity index (χ3n) is 5.13. The number of piperazine rings is 1. The minimum Gasteiger partial charge on any atom is -0.440 e. The molecule has 0 spiro atoms. The van der Waals surface area contributed by atoms with E-state index in [0.717, 1.165) is 62.0 Å². The fraction of sp³-hybridized carbons (Fsp3) is 0.556. The van der Waals surface area contributed by atoms with Crippen LogP contribution in [0, 0.1) is 6.92 Å². The first-order chi connectivity index (χ1) is 12.2. The number of halogens is 2. The molecule has 0 aliphatic carbocycles. The number of rotatable bonds is 4. The first kappa shape index (κ1) is 22.2. The highest BCUT2D eigenvalue weighted by atomic mass is 35.5. The Morgan fingerprint density at radius 2 is 2.11 bits per heavy atom. The zero-order chi connectivity index (χ0) is 17.2. The van der Waals surface area contributed by atoms with Crippen LogP contribution < -0.4 is 5.32 Å². The number of nitrogens with one attached hydrogen (secondary N) is 1. The lowest BCUT2D eigenvalue weighted by Crippen LogP contribution is -2.49. The number of hydrogen-bond acceptors (Lipinski definition) is 6. The standard InChI is InChI=1S/C18H24N4O2S.2ClH/c1-13-15(20-18(24-13)16-3-2-10-25-16)11-17(23)22-7-4-14(12-22)21-8-5-19-6-9-21;;/h2-3,10,14,19H,4-9,11-12H2,1H3;2*1H. The molecule has 6 nitrogen and oxygen atoms in total. The highest BCUT2D eigenvalue weighted by Crippen LogP contribution is 2.26. The zero-order valence-corrected chi connectivity index (χ0v) is 17.8. The average Bonchev–Trinajstić information content (AvgIpc) is 3.37. The minimum atomic E-state index is 0. The third kappa shape index (κ3) is 5.03. The number of oxazole rings is 1. The lowest BCUT2D eigenvalue weighted by Gasteiger charge is -2.32. The molecule has 1 atom stereocenters. The Kier molecular flexibility index (Phi) is 8.12. The number of aromatic nitrogens is 1. The Labute approximate surface area is 176 Å². The van der Waals surface area contributed by atoms with Crippen molar-refractivity contribution in [1.82, 2.24) is 20.1 Å². The number of aryl methyl sites for hydroxylation is 1. The van der Waals surface area contributed by atoms with Crippen molar-refractivity contribution in [1.29, 1.82) is 0 Å². The predicted molar refractivity (Wildman–Crippen MR) is 112 cm³/mol. The summed E-state index contributed by atoms with van der Waals surface area (Å²) in [5.41, 5.74) is 0.763. The van der Waals surface area contributed by atoms with Crippen LogP contribution in [0.5, 0.6) is 0 Å². The SMILES string of the molecule is Cc1oc(-c2cccs2)nc1CC(=O)N1CCC(N2CCNCC2)C1.Cl.Cl. The predicted octanol–water partition coefficient (Wildman–Crippen LogP) is 2.60. The molecule has 1 N–H and O–H groups in total. The molecule has 27 heavy (non-hydrogen) atoms. The normalized spacial score (nSPS) is 20.2. The summed E-state index contributed by atoms with van der Waals surface area (Å²) in [7, 11) is 0. The number of carbonyl (C=O) groups excluding carboxylic acids is 1. The van der Waals surface area contributed by atoms with Crippen LogP contribution in [0.1, 0.15) is 17.9 Å². The number of amides is 1. The van der Waals surface area contributed by atoms with E-state index in [0.29, 0.717) is 18.4 Å². The maximum atomic E-state index is 12.7. The van der Waals surface area contributed by atoms with Gasteiger partial charge >= 0.3 is 0 Å². The van der Waals surface area contributed by atoms with Crippen LogP contribution in [-0.2, 0) is 11.2 Å². The lowest BCUT2D eigenvalue weighted by atomic mass is 10.2. The molecule has 4 heterocycles. The van der Waals surface area contributed by atoms with E-state index in [-0.39, 0.29) is 30.7 Å². The van der Waals surface area contributed by atoms with E-state index in [1.54, 1.807) is 11.3 Å². The number of nitrogens with zero attached hydrogens (tertiary/aromatic N) is 3. The van der Waals surface area contributed by atoms with Gasteiger partial charge in [0.25, 0.3) is 0 Å². The summed E-state index contributed by atoms with van der Waals surface area (Å²) < 4.78 is 5.75. The van der Waals surface area contributed by atoms with E-state index in [1.165, 1.54) is 0 Å². The van der Waals surface area contributed by atoms with Gasteiger partial charge in [-0.15, -0.1) is 36.2 Å². The molecule has 2 saturated heterocycles. The van der Waals surface area contributed by atoms with E-state index in [9.17, 15) is 4.79 Å². The molecule has 2 aromatic heterocycles. The molecule has 0 saturated carbocycles. The highest BCUT2D eigenvalue weighted by Gasteiger charge is 2.31. The van der Waals surface area contributed by atoms with Crippen molar-refractivity contribution in [2.45, 2.75) is 25.8 Å². The summed E-state index contributed by atoms with van der Waals surface area (Å²) in [6.45, 7) is 7.84. The van der Waals surface area contributed by atoms with Gasteiger partial charge in [0.2, 0.25) is 11.8 Å². The van der Waals surface area contributed by atoms with E-state index >= 15 is 0 Å². The quantitative estimate of drug-likeness (QED) is 0.804. The molecule has 1 amide bonds. The Hall–Kier alpha value is -1.12. The minimum absolute atomic E-state index is 0. The average molecular weight is 433 g/mol. The van der Waals surface area contributed by atoms with Crippen molar-refractivity contribution in [2.24, 2.45) is 0 Å². The third-order valence-corrected chi connectivity index (χ3v) is 5.99. The second-order valence-electron chi connectivity index (χ2n) is 6.74. The maximum absolute atomic E-state index is 12.7. The van der Waals surface area contributed by atoms with Crippen molar-refractivity contribution in [2.75, 3.05) is 39.3 Å². The van der Waals surface area contributed by atoms with E-state index < -0.39 is 0 Å². The molecule has 0 bridgehead atoms. The largest absolute Gasteiger partial charge is 0.440 e. The Morgan fingerprint density at radius 3 is 2.81 bits per heavy atom. The van der Waals surface area contributed by atoms with Crippen LogP contribution in [0.25, 0.3) is 10.8 Å². The highest BCUT2D eigenvalue weighted by molar-refractivity contribution is 7.13. The molecule has 2 aromatic rings. The number of carbonyl (C=O) groups is 1. The van der Waals surface area contributed by atoms with E-state index in [1.807, 2.05) is 29.3 Å². The van der Waals surface area contributed by atoms with Gasteiger partial charge in [0.1, 0.15) is 5.76 Å². The van der Waals surface area contributed by atoms with Crippen molar-refractivity contribution >= 4 is 42.1 Å². The Morgan fingerprint density at radius 1 is 1.33 bits per heavy atom. The fourth-order valence-electron chi connectivity index (χ4n) is 3.67. The van der Waals surface area contributed by atoms with Crippen LogP contribution in [-0.4, -0.2) is 66.0 Å². The van der Waals surface area contributed by atoms with Gasteiger partial charge < -0.3 is 14.6 Å². The van der Waals surface area contributed by atoms with Gasteiger partial charge in [-0.25, -0.2) is 4.98 Å². The van der Waals surface area contributed by atoms with Crippen LogP contribution in [0.4, 0.5) is 0 Å². The van der Waals surface area contributed by atoms with Gasteiger partial charge in [-0.3, -0.25) is 9.69 Å². The molecular weight excluding hydrogens is 407 g/mol. The van der Waals surface area contributed by atoms with Gasteiger partial charge in [0, 0.05) is 45.3 Å². The molecular formula is C18H26Cl2N4O2S. The summed E-state index contributed by atoms with van der Waals surface area (Å²) >= 11 is 1.60. The van der Waals surface area contributed by atoms with Gasteiger partial charge in [0.05, 0.1) is 17.0 Å². The van der Waals surface area contributed by atoms with Crippen molar-refractivity contribution in [3.8, 4) is 10.8 Å². The first-order valence-corrected chi connectivity index (χ1v) is 9.81. The zero-order valence-electron chi connectivity index (χ0n) is 15.3. The summed E-state index contributed by atoms with van der Waals surface area (Å²) in [6.07, 6.45) is 1.40. The second kappa shape index (κ2) is 9.89. The van der Waals surface area contributed by atoms with Crippen molar-refractivity contribution in [3.05, 3.63) is 29.0 Å². The Balaban J connectivity index is 0.00000131. The van der Waals surface area contributed by atoms with Gasteiger partial charge in [-0.05, 0) is 24.8 Å². The van der Waals surface area contributed by atoms with Gasteiger partial charge in [-0.2, -0.15) is 0 Å². The molecule has 2 fully saturated rings. The number of thiophene rings is 1. The lowest BCUT2D eigenvalue weighted by molar-refractivity contribution is -0.129. The van der Waals surface area contributed by atoms with Crippen LogP contribution in [0.3, 0.4) is 0 Å². The topological polar surface area (TPSA) is 61.6 Å². The van der Waals surface area contributed by atoms with Crippen LogP contribution in [0.15, 0.2) is 21.9 Å². The number of hydrogen-bond donors (Lipinski definition) is 1. The molecule has 2 aliphatic heterocycles. The smallest absolute Gasteiger partial charge is 0.236 e. The molecule has 0 aromatic carbocycles.